The van der Waals surface area contributed by atoms with Crippen LogP contribution in [0, 0.1) is 6.92 Å². The SMILES string of the molecule is Cc1cc([C@@H](CC(=O)O)NC(=O)OC(C)(C)C)ccc1Br. The van der Waals surface area contributed by atoms with Crippen LogP contribution in [0.1, 0.15) is 44.4 Å². The Hall–Kier alpha value is -1.56. The third kappa shape index (κ3) is 6.16. The lowest BCUT2D eigenvalue weighted by Crippen LogP contribution is -2.35. The van der Waals surface area contributed by atoms with Crippen LogP contribution in [-0.4, -0.2) is 22.8 Å². The van der Waals surface area contributed by atoms with Crippen molar-refractivity contribution >= 4 is 28.0 Å². The summed E-state index contributed by atoms with van der Waals surface area (Å²) in [5.41, 5.74) is 1.06. The molecule has 0 unspecified atom stereocenters. The number of halogens is 1. The molecular formula is C15H20BrNO4. The Balaban J connectivity index is 2.92. The quantitative estimate of drug-likeness (QED) is 0.859. The first-order valence-corrected chi connectivity index (χ1v) is 7.35. The molecule has 1 amide bonds. The van der Waals surface area contributed by atoms with E-state index in [1.807, 2.05) is 19.1 Å². The van der Waals surface area contributed by atoms with Crippen molar-refractivity contribution in [1.82, 2.24) is 5.32 Å². The molecule has 21 heavy (non-hydrogen) atoms. The summed E-state index contributed by atoms with van der Waals surface area (Å²) in [5, 5.41) is 11.6. The second-order valence-electron chi connectivity index (χ2n) is 5.81. The number of carboxylic acid groups (broad SMARTS) is 1. The second-order valence-corrected chi connectivity index (χ2v) is 6.66. The Labute approximate surface area is 132 Å². The summed E-state index contributed by atoms with van der Waals surface area (Å²) in [6.45, 7) is 7.16. The fraction of sp³-hybridized carbons (Fsp3) is 0.467. The fourth-order valence-corrected chi connectivity index (χ4v) is 2.01. The molecule has 1 atom stereocenters. The maximum atomic E-state index is 11.8. The molecule has 1 rings (SSSR count). The number of ether oxygens (including phenoxy) is 1. The smallest absolute Gasteiger partial charge is 0.408 e. The fourth-order valence-electron chi connectivity index (χ4n) is 1.76. The Bertz CT molecular complexity index is 537. The van der Waals surface area contributed by atoms with Crippen molar-refractivity contribution in [2.24, 2.45) is 0 Å². The van der Waals surface area contributed by atoms with Gasteiger partial charge in [-0.2, -0.15) is 0 Å². The van der Waals surface area contributed by atoms with Gasteiger partial charge >= 0.3 is 12.1 Å². The predicted molar refractivity (Wildman–Crippen MR) is 83.2 cm³/mol. The van der Waals surface area contributed by atoms with Gasteiger partial charge in [-0.05, 0) is 44.9 Å². The first-order chi connectivity index (χ1) is 9.58. The highest BCUT2D eigenvalue weighted by Gasteiger charge is 2.22. The lowest BCUT2D eigenvalue weighted by Gasteiger charge is -2.23. The van der Waals surface area contributed by atoms with Crippen molar-refractivity contribution in [3.05, 3.63) is 33.8 Å². The van der Waals surface area contributed by atoms with E-state index >= 15 is 0 Å². The minimum absolute atomic E-state index is 0.208. The van der Waals surface area contributed by atoms with Crippen LogP contribution in [0.4, 0.5) is 4.79 Å². The summed E-state index contributed by atoms with van der Waals surface area (Å²) in [5.74, 6) is -0.989. The van der Waals surface area contributed by atoms with Crippen LogP contribution < -0.4 is 5.32 Å². The summed E-state index contributed by atoms with van der Waals surface area (Å²) in [6, 6.07) is 4.82. The number of amides is 1. The molecule has 0 radical (unpaired) electrons. The number of aliphatic carboxylic acids is 1. The van der Waals surface area contributed by atoms with Crippen molar-refractivity contribution in [2.75, 3.05) is 0 Å². The van der Waals surface area contributed by atoms with Crippen LogP contribution in [-0.2, 0) is 9.53 Å². The van der Waals surface area contributed by atoms with E-state index in [4.69, 9.17) is 9.84 Å². The summed E-state index contributed by atoms with van der Waals surface area (Å²) < 4.78 is 6.10. The maximum Gasteiger partial charge on any atom is 0.408 e. The first-order valence-electron chi connectivity index (χ1n) is 6.56. The van der Waals surface area contributed by atoms with Crippen LogP contribution in [0.25, 0.3) is 0 Å². The number of rotatable bonds is 4. The van der Waals surface area contributed by atoms with Gasteiger partial charge in [-0.25, -0.2) is 4.79 Å². The van der Waals surface area contributed by atoms with E-state index in [1.54, 1.807) is 26.8 Å². The normalized spacial score (nSPS) is 12.6. The highest BCUT2D eigenvalue weighted by Crippen LogP contribution is 2.23. The Morgan fingerprint density at radius 2 is 2.00 bits per heavy atom. The number of carbonyl (C=O) groups is 2. The molecule has 1 aromatic carbocycles. The zero-order valence-electron chi connectivity index (χ0n) is 12.6. The summed E-state index contributed by atoms with van der Waals surface area (Å²) in [4.78, 5) is 22.8. The van der Waals surface area contributed by atoms with Gasteiger partial charge in [0.2, 0.25) is 0 Å². The van der Waals surface area contributed by atoms with Gasteiger partial charge in [0.1, 0.15) is 5.60 Å². The van der Waals surface area contributed by atoms with E-state index in [0.717, 1.165) is 15.6 Å². The van der Waals surface area contributed by atoms with Crippen molar-refractivity contribution in [2.45, 2.75) is 45.8 Å². The minimum Gasteiger partial charge on any atom is -0.481 e. The molecule has 116 valence electrons. The van der Waals surface area contributed by atoms with Gasteiger partial charge in [0.15, 0.2) is 0 Å². The maximum absolute atomic E-state index is 11.8. The number of alkyl carbamates (subject to hydrolysis) is 1. The van der Waals surface area contributed by atoms with E-state index in [9.17, 15) is 9.59 Å². The highest BCUT2D eigenvalue weighted by atomic mass is 79.9. The molecule has 1 aromatic rings. The molecule has 0 fully saturated rings. The van der Waals surface area contributed by atoms with Crippen molar-refractivity contribution in [3.8, 4) is 0 Å². The number of carboxylic acids is 1. The Morgan fingerprint density at radius 3 is 2.48 bits per heavy atom. The zero-order chi connectivity index (χ0) is 16.2. The van der Waals surface area contributed by atoms with Gasteiger partial charge in [0.05, 0.1) is 12.5 Å². The van der Waals surface area contributed by atoms with E-state index in [2.05, 4.69) is 21.2 Å². The molecule has 5 nitrogen and oxygen atoms in total. The molecular weight excluding hydrogens is 338 g/mol. The molecule has 6 heteroatoms. The predicted octanol–water partition coefficient (Wildman–Crippen LogP) is 3.80. The van der Waals surface area contributed by atoms with Crippen LogP contribution in [0.5, 0.6) is 0 Å². The molecule has 0 heterocycles. The monoisotopic (exact) mass is 357 g/mol. The summed E-state index contributed by atoms with van der Waals surface area (Å²) >= 11 is 3.39. The highest BCUT2D eigenvalue weighted by molar-refractivity contribution is 9.10. The molecule has 0 saturated carbocycles. The largest absolute Gasteiger partial charge is 0.481 e. The number of nitrogens with one attached hydrogen (secondary N) is 1. The number of aryl methyl sites for hydroxylation is 1. The van der Waals surface area contributed by atoms with Gasteiger partial charge in [-0.15, -0.1) is 0 Å². The number of hydrogen-bond donors (Lipinski definition) is 2. The average molecular weight is 358 g/mol. The third-order valence-corrected chi connectivity index (χ3v) is 3.54. The molecule has 0 bridgehead atoms. The van der Waals surface area contributed by atoms with E-state index in [1.165, 1.54) is 0 Å². The van der Waals surface area contributed by atoms with E-state index < -0.39 is 23.7 Å². The molecule has 0 aliphatic rings. The Kier molecular flexibility index (Phi) is 5.78. The summed E-state index contributed by atoms with van der Waals surface area (Å²) in [7, 11) is 0. The van der Waals surface area contributed by atoms with Gasteiger partial charge < -0.3 is 15.2 Å². The number of hydrogen-bond acceptors (Lipinski definition) is 3. The standard InChI is InChI=1S/C15H20BrNO4/c1-9-7-10(5-6-11(9)16)12(8-13(18)19)17-14(20)21-15(2,3)4/h5-7,12H,8H2,1-4H3,(H,17,20)(H,18,19)/t12-/m1/s1. The van der Waals surface area contributed by atoms with Gasteiger partial charge in [0.25, 0.3) is 0 Å². The van der Waals surface area contributed by atoms with E-state index in [-0.39, 0.29) is 6.42 Å². The van der Waals surface area contributed by atoms with Gasteiger partial charge in [-0.1, -0.05) is 28.1 Å². The number of benzene rings is 1. The Morgan fingerprint density at radius 1 is 1.38 bits per heavy atom. The van der Waals surface area contributed by atoms with Crippen LogP contribution in [0.2, 0.25) is 0 Å². The topological polar surface area (TPSA) is 75.6 Å². The minimum atomic E-state index is -0.989. The number of carbonyl (C=O) groups excluding carboxylic acids is 1. The van der Waals surface area contributed by atoms with Crippen molar-refractivity contribution in [3.63, 3.8) is 0 Å². The van der Waals surface area contributed by atoms with Crippen LogP contribution in [0.15, 0.2) is 22.7 Å². The van der Waals surface area contributed by atoms with Gasteiger partial charge in [-0.3, -0.25) is 4.79 Å². The average Bonchev–Trinajstić information content (AvgIpc) is 2.28. The van der Waals surface area contributed by atoms with Crippen molar-refractivity contribution in [1.29, 1.82) is 0 Å². The summed E-state index contributed by atoms with van der Waals surface area (Å²) in [6.07, 6.45) is -0.838. The lowest BCUT2D eigenvalue weighted by atomic mass is 10.0. The molecule has 2 N–H and O–H groups in total. The van der Waals surface area contributed by atoms with Crippen molar-refractivity contribution < 1.29 is 19.4 Å². The van der Waals surface area contributed by atoms with Crippen LogP contribution in [0.3, 0.4) is 0 Å². The zero-order valence-corrected chi connectivity index (χ0v) is 14.2. The first kappa shape index (κ1) is 17.5. The van der Waals surface area contributed by atoms with E-state index in [0.29, 0.717) is 0 Å². The van der Waals surface area contributed by atoms with Gasteiger partial charge in [0, 0.05) is 4.47 Å². The molecule has 0 aromatic heterocycles. The lowest BCUT2D eigenvalue weighted by molar-refractivity contribution is -0.137. The molecule has 0 aliphatic carbocycles. The molecule has 0 saturated heterocycles. The van der Waals surface area contributed by atoms with Crippen LogP contribution >= 0.6 is 15.9 Å². The molecule has 0 spiro atoms. The third-order valence-electron chi connectivity index (χ3n) is 2.65. The second kappa shape index (κ2) is 6.93. The molecule has 0 aliphatic heterocycles.